The Kier molecular flexibility index (Phi) is 3.49. The Morgan fingerprint density at radius 1 is 1.33 bits per heavy atom. The third kappa shape index (κ3) is 2.86. The lowest BCUT2D eigenvalue weighted by molar-refractivity contribution is -0.662. The number of quaternary nitrogens is 1. The van der Waals surface area contributed by atoms with Crippen LogP contribution < -0.4 is 10.6 Å². The van der Waals surface area contributed by atoms with Crippen molar-refractivity contribution in [2.75, 3.05) is 18.4 Å². The molecule has 2 rings (SSSR count). The Balaban J connectivity index is 2.00. The molecule has 3 N–H and O–H groups in total. The number of nitrogens with one attached hydrogen (secondary N) is 1. The molecule has 1 fully saturated rings. The average molecular weight is 226 g/mol. The molecule has 1 aromatic rings. The molecule has 0 aromatic heterocycles. The molecule has 15 heavy (non-hydrogen) atoms. The summed E-state index contributed by atoms with van der Waals surface area (Å²) < 4.78 is 0. The number of rotatable bonds is 2. The van der Waals surface area contributed by atoms with Crippen LogP contribution in [-0.4, -0.2) is 19.1 Å². The van der Waals surface area contributed by atoms with Crippen molar-refractivity contribution in [1.29, 1.82) is 0 Å². The van der Waals surface area contributed by atoms with E-state index in [1.165, 1.54) is 31.6 Å². The molecule has 82 valence electrons. The summed E-state index contributed by atoms with van der Waals surface area (Å²) in [6, 6.07) is 6.79. The molecule has 1 aliphatic heterocycles. The van der Waals surface area contributed by atoms with E-state index in [1.54, 1.807) is 0 Å². The summed E-state index contributed by atoms with van der Waals surface area (Å²) in [4.78, 5) is 0. The zero-order valence-corrected chi connectivity index (χ0v) is 9.85. The van der Waals surface area contributed by atoms with Gasteiger partial charge in [-0.15, -0.1) is 0 Å². The fourth-order valence-corrected chi connectivity index (χ4v) is 2.16. The highest BCUT2D eigenvalue weighted by Gasteiger charge is 2.14. The molecule has 0 aliphatic carbocycles. The highest BCUT2D eigenvalue weighted by Crippen LogP contribution is 2.20. The largest absolute Gasteiger partial charge is 0.382 e. The summed E-state index contributed by atoms with van der Waals surface area (Å²) in [6.45, 7) is 4.52. The molecule has 0 amide bonds. The van der Waals surface area contributed by atoms with Crippen LogP contribution in [0.2, 0.25) is 5.02 Å². The molecule has 0 spiro atoms. The second-order valence-corrected chi connectivity index (χ2v) is 4.66. The van der Waals surface area contributed by atoms with Gasteiger partial charge in [0.1, 0.15) is 0 Å². The number of halogens is 1. The normalized spacial score (nSPS) is 17.7. The summed E-state index contributed by atoms with van der Waals surface area (Å²) in [5.74, 6) is 0. The molecule has 1 heterocycles. The molecule has 0 atom stereocenters. The summed E-state index contributed by atoms with van der Waals surface area (Å²) in [5.41, 5.74) is 2.34. The van der Waals surface area contributed by atoms with Crippen molar-refractivity contribution in [2.24, 2.45) is 0 Å². The predicted octanol–water partition coefficient (Wildman–Crippen LogP) is 1.79. The van der Waals surface area contributed by atoms with Crippen LogP contribution in [0, 0.1) is 6.92 Å². The molecule has 1 aromatic carbocycles. The maximum absolute atomic E-state index is 5.99. The Labute approximate surface area is 96.0 Å². The summed E-state index contributed by atoms with van der Waals surface area (Å²) in [5, 5.41) is 6.80. The molecule has 0 saturated carbocycles. The highest BCUT2D eigenvalue weighted by molar-refractivity contribution is 6.31. The minimum Gasteiger partial charge on any atom is -0.382 e. The van der Waals surface area contributed by atoms with E-state index in [-0.39, 0.29) is 0 Å². The summed E-state index contributed by atoms with van der Waals surface area (Å²) in [6.07, 6.45) is 2.50. The average Bonchev–Trinajstić information content (AvgIpc) is 2.25. The van der Waals surface area contributed by atoms with Gasteiger partial charge in [0.25, 0.3) is 0 Å². The van der Waals surface area contributed by atoms with Gasteiger partial charge in [-0.05, 0) is 30.7 Å². The van der Waals surface area contributed by atoms with E-state index in [2.05, 4.69) is 22.8 Å². The first kappa shape index (κ1) is 10.8. The molecule has 1 aliphatic rings. The number of benzene rings is 1. The quantitative estimate of drug-likeness (QED) is 0.790. The summed E-state index contributed by atoms with van der Waals surface area (Å²) in [7, 11) is 0. The van der Waals surface area contributed by atoms with Crippen LogP contribution in [0.25, 0.3) is 0 Å². The maximum atomic E-state index is 5.99. The van der Waals surface area contributed by atoms with Crippen molar-refractivity contribution in [2.45, 2.75) is 25.8 Å². The Hall–Kier alpha value is -0.730. The Morgan fingerprint density at radius 2 is 2.07 bits per heavy atom. The third-order valence-corrected chi connectivity index (χ3v) is 3.39. The van der Waals surface area contributed by atoms with Gasteiger partial charge in [-0.1, -0.05) is 11.6 Å². The second-order valence-electron chi connectivity index (χ2n) is 4.25. The van der Waals surface area contributed by atoms with Crippen molar-refractivity contribution < 1.29 is 5.32 Å². The Bertz CT molecular complexity index is 332. The number of anilines is 1. The van der Waals surface area contributed by atoms with Crippen molar-refractivity contribution in [3.63, 3.8) is 0 Å². The monoisotopic (exact) mass is 225 g/mol. The van der Waals surface area contributed by atoms with E-state index in [0.29, 0.717) is 6.04 Å². The fraction of sp³-hybridized carbons (Fsp3) is 0.500. The Morgan fingerprint density at radius 3 is 2.73 bits per heavy atom. The van der Waals surface area contributed by atoms with Gasteiger partial charge < -0.3 is 10.6 Å². The van der Waals surface area contributed by atoms with E-state index in [1.807, 2.05) is 13.0 Å². The topological polar surface area (TPSA) is 28.6 Å². The van der Waals surface area contributed by atoms with E-state index in [4.69, 9.17) is 11.6 Å². The maximum Gasteiger partial charge on any atom is 0.0775 e. The van der Waals surface area contributed by atoms with Crippen molar-refractivity contribution in [3.8, 4) is 0 Å². The molecular weight excluding hydrogens is 208 g/mol. The number of aryl methyl sites for hydroxylation is 1. The third-order valence-electron chi connectivity index (χ3n) is 2.97. The lowest BCUT2D eigenvalue weighted by atomic mass is 10.1. The first-order chi connectivity index (χ1) is 7.25. The van der Waals surface area contributed by atoms with Gasteiger partial charge in [0.2, 0.25) is 0 Å². The second kappa shape index (κ2) is 4.86. The fourth-order valence-electron chi connectivity index (χ4n) is 2.04. The summed E-state index contributed by atoms with van der Waals surface area (Å²) >= 11 is 5.99. The van der Waals surface area contributed by atoms with Gasteiger partial charge in [-0.25, -0.2) is 0 Å². The SMILES string of the molecule is Cc1cc(NC2CC[NH2+]CC2)ccc1Cl. The van der Waals surface area contributed by atoms with Crippen molar-refractivity contribution in [1.82, 2.24) is 0 Å². The van der Waals surface area contributed by atoms with Gasteiger partial charge in [0, 0.05) is 29.6 Å². The predicted molar refractivity (Wildman–Crippen MR) is 64.5 cm³/mol. The van der Waals surface area contributed by atoms with Gasteiger partial charge >= 0.3 is 0 Å². The lowest BCUT2D eigenvalue weighted by Gasteiger charge is -2.22. The molecule has 3 heteroatoms. The molecule has 1 saturated heterocycles. The molecule has 2 nitrogen and oxygen atoms in total. The van der Waals surface area contributed by atoms with Crippen molar-refractivity contribution >= 4 is 17.3 Å². The zero-order valence-electron chi connectivity index (χ0n) is 9.09. The molecule has 0 radical (unpaired) electrons. The minimum atomic E-state index is 0.635. The van der Waals surface area contributed by atoms with Gasteiger partial charge in [0.15, 0.2) is 0 Å². The number of piperidine rings is 1. The molecular formula is C12H18ClN2+. The minimum absolute atomic E-state index is 0.635. The van der Waals surface area contributed by atoms with Crippen LogP contribution >= 0.6 is 11.6 Å². The number of hydrogen-bond acceptors (Lipinski definition) is 1. The first-order valence-corrected chi connectivity index (χ1v) is 5.98. The van der Waals surface area contributed by atoms with E-state index in [0.717, 1.165) is 10.6 Å². The van der Waals surface area contributed by atoms with Crippen LogP contribution in [0.3, 0.4) is 0 Å². The van der Waals surface area contributed by atoms with Crippen LogP contribution in [0.15, 0.2) is 18.2 Å². The van der Waals surface area contributed by atoms with E-state index >= 15 is 0 Å². The van der Waals surface area contributed by atoms with Crippen LogP contribution in [0.1, 0.15) is 18.4 Å². The van der Waals surface area contributed by atoms with Gasteiger partial charge in [-0.3, -0.25) is 0 Å². The highest BCUT2D eigenvalue weighted by atomic mass is 35.5. The molecule has 0 bridgehead atoms. The van der Waals surface area contributed by atoms with E-state index in [9.17, 15) is 0 Å². The van der Waals surface area contributed by atoms with Crippen LogP contribution in [0.4, 0.5) is 5.69 Å². The smallest absolute Gasteiger partial charge is 0.0775 e. The number of hydrogen-bond donors (Lipinski definition) is 2. The zero-order chi connectivity index (χ0) is 10.7. The first-order valence-electron chi connectivity index (χ1n) is 5.60. The van der Waals surface area contributed by atoms with Crippen molar-refractivity contribution in [3.05, 3.63) is 28.8 Å². The number of nitrogens with two attached hydrogens (primary N) is 1. The standard InChI is InChI=1S/C12H17ClN2/c1-9-8-11(2-3-12(9)13)15-10-4-6-14-7-5-10/h2-3,8,10,14-15H,4-7H2,1H3/p+1. The van der Waals surface area contributed by atoms with Gasteiger partial charge in [0.05, 0.1) is 13.1 Å². The molecule has 0 unspecified atom stereocenters. The van der Waals surface area contributed by atoms with Gasteiger partial charge in [-0.2, -0.15) is 0 Å². The van der Waals surface area contributed by atoms with E-state index < -0.39 is 0 Å². The van der Waals surface area contributed by atoms with Crippen LogP contribution in [-0.2, 0) is 0 Å². The van der Waals surface area contributed by atoms with Crippen LogP contribution in [0.5, 0.6) is 0 Å². The lowest BCUT2D eigenvalue weighted by Crippen LogP contribution is -2.87.